The van der Waals surface area contributed by atoms with Crippen molar-refractivity contribution in [2.75, 3.05) is 0 Å². The molecule has 0 aliphatic heterocycles. The molecule has 0 fully saturated rings. The number of ether oxygens (including phenoxy) is 1. The minimum atomic E-state index is -5.03. The highest BCUT2D eigenvalue weighted by Crippen LogP contribution is 2.35. The van der Waals surface area contributed by atoms with E-state index in [-0.39, 0.29) is 0 Å². The van der Waals surface area contributed by atoms with E-state index in [9.17, 15) is 17.6 Å². The van der Waals surface area contributed by atoms with E-state index < -0.39 is 28.1 Å². The lowest BCUT2D eigenvalue weighted by Crippen LogP contribution is -2.18. The molecule has 8 heteroatoms. The van der Waals surface area contributed by atoms with E-state index in [4.69, 9.17) is 23.2 Å². The highest BCUT2D eigenvalue weighted by molar-refractivity contribution is 6.42. The van der Waals surface area contributed by atoms with Gasteiger partial charge in [-0.1, -0.05) is 23.2 Å². The number of pyridine rings is 1. The summed E-state index contributed by atoms with van der Waals surface area (Å²) in [5.74, 6) is -2.52. The molecule has 0 radical (unpaired) electrons. The molecule has 0 aromatic carbocycles. The summed E-state index contributed by atoms with van der Waals surface area (Å²) < 4.78 is 51.2. The topological polar surface area (TPSA) is 22.1 Å². The van der Waals surface area contributed by atoms with Crippen molar-refractivity contribution in [3.05, 3.63) is 22.2 Å². The molecule has 0 bridgehead atoms. The van der Waals surface area contributed by atoms with Crippen molar-refractivity contribution in [1.29, 1.82) is 0 Å². The lowest BCUT2D eigenvalue weighted by atomic mass is 10.4. The van der Waals surface area contributed by atoms with Crippen LogP contribution in [0, 0.1) is 5.82 Å². The second-order valence-corrected chi connectivity index (χ2v) is 2.82. The highest BCUT2D eigenvalue weighted by atomic mass is 35.5. The van der Waals surface area contributed by atoms with Crippen LogP contribution in [0.15, 0.2) is 6.20 Å². The first-order valence-electron chi connectivity index (χ1n) is 3.06. The van der Waals surface area contributed by atoms with Crippen molar-refractivity contribution in [3.8, 4) is 5.75 Å². The summed E-state index contributed by atoms with van der Waals surface area (Å²) in [5, 5.41) is -1.18. The molecule has 0 saturated carbocycles. The molecule has 0 amide bonds. The molecule has 1 heterocycles. The Labute approximate surface area is 85.4 Å². The summed E-state index contributed by atoms with van der Waals surface area (Å²) in [6, 6.07) is 0. The molecule has 0 aliphatic carbocycles. The van der Waals surface area contributed by atoms with E-state index >= 15 is 0 Å². The van der Waals surface area contributed by atoms with Crippen LogP contribution in [0.1, 0.15) is 0 Å². The Morgan fingerprint density at radius 3 is 2.36 bits per heavy atom. The molecular formula is C6HCl2F4NO. The molecule has 1 aromatic heterocycles. The predicted octanol–water partition coefficient (Wildman–Crippen LogP) is 3.43. The summed E-state index contributed by atoms with van der Waals surface area (Å²) >= 11 is 10.5. The maximum atomic E-state index is 12.7. The smallest absolute Gasteiger partial charge is 0.401 e. The van der Waals surface area contributed by atoms with E-state index in [0.29, 0.717) is 6.20 Å². The maximum Gasteiger partial charge on any atom is 0.573 e. The monoisotopic (exact) mass is 249 g/mol. The Hall–Kier alpha value is -0.750. The third kappa shape index (κ3) is 2.62. The van der Waals surface area contributed by atoms with Crippen molar-refractivity contribution in [3.63, 3.8) is 0 Å². The van der Waals surface area contributed by atoms with Crippen molar-refractivity contribution in [2.24, 2.45) is 0 Å². The van der Waals surface area contributed by atoms with Crippen LogP contribution in [-0.4, -0.2) is 11.3 Å². The fourth-order valence-corrected chi connectivity index (χ4v) is 0.949. The van der Waals surface area contributed by atoms with Crippen LogP contribution in [0.25, 0.3) is 0 Å². The van der Waals surface area contributed by atoms with Crippen LogP contribution in [0.4, 0.5) is 17.6 Å². The Morgan fingerprint density at radius 2 is 1.86 bits per heavy atom. The van der Waals surface area contributed by atoms with Gasteiger partial charge in [0.15, 0.2) is 16.7 Å². The van der Waals surface area contributed by atoms with Gasteiger partial charge in [0.1, 0.15) is 5.02 Å². The van der Waals surface area contributed by atoms with Gasteiger partial charge < -0.3 is 4.74 Å². The Kier molecular flexibility index (Phi) is 3.06. The molecule has 0 spiro atoms. The lowest BCUT2D eigenvalue weighted by molar-refractivity contribution is -0.275. The maximum absolute atomic E-state index is 12.7. The van der Waals surface area contributed by atoms with Crippen LogP contribution in [0.5, 0.6) is 5.75 Å². The second-order valence-electron chi connectivity index (χ2n) is 2.09. The first kappa shape index (κ1) is 11.3. The fraction of sp³-hybridized carbons (Fsp3) is 0.167. The SMILES string of the molecule is Fc1cnc(Cl)c(Cl)c1OC(F)(F)F. The minimum absolute atomic E-state index is 0.465. The summed E-state index contributed by atoms with van der Waals surface area (Å²) in [6.07, 6.45) is -4.55. The second kappa shape index (κ2) is 3.78. The molecule has 2 nitrogen and oxygen atoms in total. The van der Waals surface area contributed by atoms with Gasteiger partial charge in [0, 0.05) is 0 Å². The zero-order chi connectivity index (χ0) is 10.9. The third-order valence-electron chi connectivity index (χ3n) is 1.11. The average Bonchev–Trinajstić information content (AvgIpc) is 2.04. The fourth-order valence-electron chi connectivity index (χ4n) is 0.636. The van der Waals surface area contributed by atoms with E-state index in [2.05, 4.69) is 9.72 Å². The van der Waals surface area contributed by atoms with Gasteiger partial charge in [0.05, 0.1) is 6.20 Å². The van der Waals surface area contributed by atoms with Gasteiger partial charge >= 0.3 is 6.36 Å². The van der Waals surface area contributed by atoms with Crippen molar-refractivity contribution in [1.82, 2.24) is 4.98 Å². The number of halogens is 6. The van der Waals surface area contributed by atoms with Crippen LogP contribution in [0.2, 0.25) is 10.2 Å². The molecule has 14 heavy (non-hydrogen) atoms. The molecule has 0 saturated heterocycles. The molecule has 0 unspecified atom stereocenters. The first-order chi connectivity index (χ1) is 6.31. The van der Waals surface area contributed by atoms with Gasteiger partial charge in [-0.05, 0) is 0 Å². The van der Waals surface area contributed by atoms with E-state index in [1.165, 1.54) is 0 Å². The van der Waals surface area contributed by atoms with Crippen molar-refractivity contribution < 1.29 is 22.3 Å². The molecule has 0 aliphatic rings. The molecule has 1 rings (SSSR count). The standard InChI is InChI=1S/C6HCl2F4NO/c7-3-4(14-6(10,11)12)2(9)1-13-5(3)8/h1H. The molecule has 0 atom stereocenters. The van der Waals surface area contributed by atoms with Crippen LogP contribution in [-0.2, 0) is 0 Å². The van der Waals surface area contributed by atoms with Crippen LogP contribution in [0.3, 0.4) is 0 Å². The summed E-state index contributed by atoms with van der Waals surface area (Å²) in [4.78, 5) is 3.18. The number of nitrogens with zero attached hydrogens (tertiary/aromatic N) is 1. The third-order valence-corrected chi connectivity index (χ3v) is 1.84. The van der Waals surface area contributed by atoms with Crippen LogP contribution >= 0.6 is 23.2 Å². The molecule has 1 aromatic rings. The molecule has 78 valence electrons. The van der Waals surface area contributed by atoms with Gasteiger partial charge in [-0.15, -0.1) is 13.2 Å². The van der Waals surface area contributed by atoms with Crippen molar-refractivity contribution >= 4 is 23.2 Å². The van der Waals surface area contributed by atoms with Crippen molar-refractivity contribution in [2.45, 2.75) is 6.36 Å². The Morgan fingerprint density at radius 1 is 1.29 bits per heavy atom. The number of hydrogen-bond donors (Lipinski definition) is 0. The zero-order valence-corrected chi connectivity index (χ0v) is 7.71. The van der Waals surface area contributed by atoms with Gasteiger partial charge in [-0.2, -0.15) is 0 Å². The number of hydrogen-bond acceptors (Lipinski definition) is 2. The predicted molar refractivity (Wildman–Crippen MR) is 40.9 cm³/mol. The lowest BCUT2D eigenvalue weighted by Gasteiger charge is -2.10. The Balaban J connectivity index is 3.13. The largest absolute Gasteiger partial charge is 0.573 e. The highest BCUT2D eigenvalue weighted by Gasteiger charge is 2.34. The number of rotatable bonds is 1. The summed E-state index contributed by atoms with van der Waals surface area (Å²) in [7, 11) is 0. The van der Waals surface area contributed by atoms with Gasteiger partial charge in [-0.25, -0.2) is 9.37 Å². The number of alkyl halides is 3. The summed E-state index contributed by atoms with van der Waals surface area (Å²) in [6.45, 7) is 0. The zero-order valence-electron chi connectivity index (χ0n) is 6.20. The van der Waals surface area contributed by atoms with Crippen LogP contribution < -0.4 is 4.74 Å². The van der Waals surface area contributed by atoms with E-state index in [0.717, 1.165) is 0 Å². The Bertz CT molecular complexity index is 354. The van der Waals surface area contributed by atoms with Gasteiger partial charge in [-0.3, -0.25) is 0 Å². The minimum Gasteiger partial charge on any atom is -0.401 e. The first-order valence-corrected chi connectivity index (χ1v) is 3.82. The normalized spacial score (nSPS) is 11.6. The van der Waals surface area contributed by atoms with Gasteiger partial charge in [0.2, 0.25) is 0 Å². The molecule has 0 N–H and O–H groups in total. The summed E-state index contributed by atoms with van der Waals surface area (Å²) in [5.41, 5.74) is 0. The van der Waals surface area contributed by atoms with E-state index in [1.807, 2.05) is 0 Å². The molecular weight excluding hydrogens is 249 g/mol. The van der Waals surface area contributed by atoms with Gasteiger partial charge in [0.25, 0.3) is 0 Å². The quantitative estimate of drug-likeness (QED) is 0.562. The number of aromatic nitrogens is 1. The average molecular weight is 250 g/mol. The van der Waals surface area contributed by atoms with E-state index in [1.54, 1.807) is 0 Å².